The smallest absolute Gasteiger partial charge is 0.259 e. The van der Waals surface area contributed by atoms with Gasteiger partial charge in [0, 0.05) is 43.3 Å². The number of benzene rings is 1. The molecular formula is C15H21ClN2O3. The minimum absolute atomic E-state index is 0.0264. The molecule has 0 atom stereocenters. The van der Waals surface area contributed by atoms with Crippen LogP contribution in [0.2, 0.25) is 5.02 Å². The van der Waals surface area contributed by atoms with Crippen molar-refractivity contribution in [3.8, 4) is 11.5 Å². The molecule has 1 aliphatic carbocycles. The zero-order chi connectivity index (χ0) is 15.4. The van der Waals surface area contributed by atoms with Crippen LogP contribution in [-0.4, -0.2) is 44.7 Å². The molecule has 1 aromatic rings. The Morgan fingerprint density at radius 1 is 1.43 bits per heavy atom. The minimum atomic E-state index is -0.104. The molecule has 1 amide bonds. The van der Waals surface area contributed by atoms with Gasteiger partial charge in [0.1, 0.15) is 0 Å². The number of amides is 1. The Hall–Kier alpha value is -1.46. The lowest BCUT2D eigenvalue weighted by Gasteiger charge is -2.17. The molecule has 0 radical (unpaired) electrons. The number of carbonyl (C=O) groups is 1. The zero-order valence-electron chi connectivity index (χ0n) is 12.6. The lowest BCUT2D eigenvalue weighted by Crippen LogP contribution is -2.28. The van der Waals surface area contributed by atoms with Gasteiger partial charge in [0.05, 0.1) is 7.11 Å². The molecule has 1 fully saturated rings. The van der Waals surface area contributed by atoms with Crippen LogP contribution in [0.15, 0.2) is 12.1 Å². The Kier molecular flexibility index (Phi) is 5.31. The summed E-state index contributed by atoms with van der Waals surface area (Å²) in [6.07, 6.45) is 2.40. The van der Waals surface area contributed by atoms with Gasteiger partial charge in [0.25, 0.3) is 5.91 Å². The number of rotatable bonds is 7. The van der Waals surface area contributed by atoms with Gasteiger partial charge in [-0.25, -0.2) is 0 Å². The molecule has 1 aromatic carbocycles. The Morgan fingerprint density at radius 2 is 2.14 bits per heavy atom. The third kappa shape index (κ3) is 4.51. The fraction of sp³-hybridized carbons (Fsp3) is 0.533. The molecule has 0 saturated heterocycles. The van der Waals surface area contributed by atoms with Crippen molar-refractivity contribution in [2.45, 2.75) is 25.4 Å². The van der Waals surface area contributed by atoms with E-state index >= 15 is 0 Å². The number of hydrogen-bond donors (Lipinski definition) is 1. The first-order valence-corrected chi connectivity index (χ1v) is 7.31. The predicted octanol–water partition coefficient (Wildman–Crippen LogP) is 2.07. The molecule has 0 aromatic heterocycles. The molecule has 5 nitrogen and oxygen atoms in total. The first-order valence-electron chi connectivity index (χ1n) is 6.94. The lowest BCUT2D eigenvalue weighted by molar-refractivity contribution is -0.130. The average Bonchev–Trinajstić information content (AvgIpc) is 3.26. The monoisotopic (exact) mass is 312 g/mol. The zero-order valence-corrected chi connectivity index (χ0v) is 13.4. The predicted molar refractivity (Wildman–Crippen MR) is 82.1 cm³/mol. The van der Waals surface area contributed by atoms with Crippen LogP contribution in [-0.2, 0) is 11.3 Å². The standard InChI is InChI=1S/C15H21ClN2O3/c1-18(2)14(19)9-21-15-10(8-17-12-4-5-12)6-11(16)7-13(15)20-3/h6-7,12,17H,4-5,8-9H2,1-3H3. The second-order valence-electron chi connectivity index (χ2n) is 5.33. The van der Waals surface area contributed by atoms with E-state index in [0.29, 0.717) is 29.1 Å². The van der Waals surface area contributed by atoms with E-state index < -0.39 is 0 Å². The van der Waals surface area contributed by atoms with E-state index in [9.17, 15) is 4.79 Å². The summed E-state index contributed by atoms with van der Waals surface area (Å²) in [5.41, 5.74) is 0.901. The van der Waals surface area contributed by atoms with Gasteiger partial charge in [-0.3, -0.25) is 4.79 Å². The molecule has 1 saturated carbocycles. The maximum atomic E-state index is 11.7. The molecule has 1 N–H and O–H groups in total. The molecule has 21 heavy (non-hydrogen) atoms. The van der Waals surface area contributed by atoms with Crippen molar-refractivity contribution in [2.75, 3.05) is 27.8 Å². The van der Waals surface area contributed by atoms with Gasteiger partial charge in [-0.05, 0) is 18.9 Å². The molecule has 2 rings (SSSR count). The topological polar surface area (TPSA) is 50.8 Å². The average molecular weight is 313 g/mol. The van der Waals surface area contributed by atoms with Crippen molar-refractivity contribution in [1.29, 1.82) is 0 Å². The van der Waals surface area contributed by atoms with Gasteiger partial charge >= 0.3 is 0 Å². The number of carbonyl (C=O) groups excluding carboxylic acids is 1. The largest absolute Gasteiger partial charge is 0.493 e. The first kappa shape index (κ1) is 15.9. The van der Waals surface area contributed by atoms with Gasteiger partial charge in [-0.1, -0.05) is 11.6 Å². The molecule has 0 spiro atoms. The Labute approximate surface area is 130 Å². The van der Waals surface area contributed by atoms with Crippen LogP contribution in [0, 0.1) is 0 Å². The highest BCUT2D eigenvalue weighted by atomic mass is 35.5. The summed E-state index contributed by atoms with van der Waals surface area (Å²) < 4.78 is 11.0. The van der Waals surface area contributed by atoms with Crippen LogP contribution >= 0.6 is 11.6 Å². The molecule has 0 heterocycles. The molecule has 116 valence electrons. The number of methoxy groups -OCH3 is 1. The van der Waals surface area contributed by atoms with Crippen molar-refractivity contribution in [3.63, 3.8) is 0 Å². The number of hydrogen-bond acceptors (Lipinski definition) is 4. The molecular weight excluding hydrogens is 292 g/mol. The van der Waals surface area contributed by atoms with Crippen molar-refractivity contribution in [1.82, 2.24) is 10.2 Å². The van der Waals surface area contributed by atoms with Gasteiger partial charge in [-0.15, -0.1) is 0 Å². The summed E-state index contributed by atoms with van der Waals surface area (Å²) in [6.45, 7) is 0.620. The number of likely N-dealkylation sites (N-methyl/N-ethyl adjacent to an activating group) is 1. The van der Waals surface area contributed by atoms with Gasteiger partial charge in [-0.2, -0.15) is 0 Å². The molecule has 0 bridgehead atoms. The van der Waals surface area contributed by atoms with E-state index in [0.717, 1.165) is 5.56 Å². The van der Waals surface area contributed by atoms with Crippen molar-refractivity contribution in [3.05, 3.63) is 22.7 Å². The van der Waals surface area contributed by atoms with E-state index in [2.05, 4.69) is 5.32 Å². The Balaban J connectivity index is 2.15. The highest BCUT2D eigenvalue weighted by Gasteiger charge is 2.22. The Bertz CT molecular complexity index is 516. The van der Waals surface area contributed by atoms with Crippen LogP contribution < -0.4 is 14.8 Å². The normalized spacial score (nSPS) is 13.9. The summed E-state index contributed by atoms with van der Waals surface area (Å²) in [6, 6.07) is 4.11. The van der Waals surface area contributed by atoms with Crippen molar-refractivity contribution >= 4 is 17.5 Å². The van der Waals surface area contributed by atoms with E-state index in [1.165, 1.54) is 17.7 Å². The quantitative estimate of drug-likeness (QED) is 0.837. The number of halogens is 1. The van der Waals surface area contributed by atoms with E-state index in [1.54, 1.807) is 27.3 Å². The minimum Gasteiger partial charge on any atom is -0.493 e. The fourth-order valence-electron chi connectivity index (χ4n) is 1.87. The lowest BCUT2D eigenvalue weighted by atomic mass is 10.1. The second kappa shape index (κ2) is 7.00. The summed E-state index contributed by atoms with van der Waals surface area (Å²) in [4.78, 5) is 13.2. The van der Waals surface area contributed by atoms with Crippen LogP contribution in [0.3, 0.4) is 0 Å². The summed E-state index contributed by atoms with van der Waals surface area (Å²) >= 11 is 6.11. The van der Waals surface area contributed by atoms with Crippen LogP contribution in [0.5, 0.6) is 11.5 Å². The van der Waals surface area contributed by atoms with Gasteiger partial charge in [0.2, 0.25) is 0 Å². The van der Waals surface area contributed by atoms with Crippen LogP contribution in [0.25, 0.3) is 0 Å². The van der Waals surface area contributed by atoms with Crippen LogP contribution in [0.4, 0.5) is 0 Å². The van der Waals surface area contributed by atoms with Crippen LogP contribution in [0.1, 0.15) is 18.4 Å². The molecule has 1 aliphatic rings. The molecule has 0 unspecified atom stereocenters. The van der Waals surface area contributed by atoms with Gasteiger partial charge < -0.3 is 19.7 Å². The fourth-order valence-corrected chi connectivity index (χ4v) is 2.11. The highest BCUT2D eigenvalue weighted by Crippen LogP contribution is 2.35. The number of ether oxygens (including phenoxy) is 2. The summed E-state index contributed by atoms with van der Waals surface area (Å²) in [5, 5.41) is 4.00. The third-order valence-corrected chi connectivity index (χ3v) is 3.53. The van der Waals surface area contributed by atoms with E-state index in [-0.39, 0.29) is 12.5 Å². The van der Waals surface area contributed by atoms with Crippen molar-refractivity contribution in [2.24, 2.45) is 0 Å². The second-order valence-corrected chi connectivity index (χ2v) is 5.76. The molecule has 0 aliphatic heterocycles. The van der Waals surface area contributed by atoms with Crippen molar-refractivity contribution < 1.29 is 14.3 Å². The third-order valence-electron chi connectivity index (χ3n) is 3.31. The molecule has 6 heteroatoms. The Morgan fingerprint density at radius 3 is 2.71 bits per heavy atom. The highest BCUT2D eigenvalue weighted by molar-refractivity contribution is 6.30. The number of nitrogens with zero attached hydrogens (tertiary/aromatic N) is 1. The summed E-state index contributed by atoms with van der Waals surface area (Å²) in [7, 11) is 4.95. The van der Waals surface area contributed by atoms with E-state index in [4.69, 9.17) is 21.1 Å². The SMILES string of the molecule is COc1cc(Cl)cc(CNC2CC2)c1OCC(=O)N(C)C. The maximum absolute atomic E-state index is 11.7. The number of nitrogens with one attached hydrogen (secondary N) is 1. The summed E-state index contributed by atoms with van der Waals surface area (Å²) in [5.74, 6) is 1.01. The first-order chi connectivity index (χ1) is 10.0. The maximum Gasteiger partial charge on any atom is 0.259 e. The van der Waals surface area contributed by atoms with Gasteiger partial charge in [0.15, 0.2) is 18.1 Å². The van der Waals surface area contributed by atoms with E-state index in [1.807, 2.05) is 6.07 Å².